The number of hydrogen-bond donors (Lipinski definition) is 1. The Balaban J connectivity index is 1.60. The van der Waals surface area contributed by atoms with E-state index in [1.807, 2.05) is 0 Å². The fourth-order valence-electron chi connectivity index (χ4n) is 4.20. The van der Waals surface area contributed by atoms with Crippen molar-refractivity contribution in [2.24, 2.45) is 5.92 Å². The summed E-state index contributed by atoms with van der Waals surface area (Å²) in [7, 11) is -3.60. The monoisotopic (exact) mass is 530 g/mol. The van der Waals surface area contributed by atoms with Crippen molar-refractivity contribution in [3.05, 3.63) is 64.2 Å². The number of sulfone groups is 1. The molecule has 2 aliphatic rings. The highest BCUT2D eigenvalue weighted by molar-refractivity contribution is 7.90. The SMILES string of the molecule is CS(=O)(=O)c1cccc(C(=O)N2C[C@@H](F)C[C@@H]2C(=O)N[C@@H](c2cc(F)c(Cl)cc2F)C2COC2)c1. The molecule has 2 heterocycles. The molecular formula is C23H22ClF3N2O5S. The van der Waals surface area contributed by atoms with Crippen LogP contribution in [0.25, 0.3) is 0 Å². The number of hydrogen-bond acceptors (Lipinski definition) is 5. The summed E-state index contributed by atoms with van der Waals surface area (Å²) in [6, 6.07) is 4.72. The molecule has 12 heteroatoms. The molecule has 2 fully saturated rings. The molecule has 2 aliphatic heterocycles. The molecule has 7 nitrogen and oxygen atoms in total. The fourth-order valence-corrected chi connectivity index (χ4v) is 5.02. The van der Waals surface area contributed by atoms with Gasteiger partial charge < -0.3 is 15.0 Å². The van der Waals surface area contributed by atoms with E-state index in [1.165, 1.54) is 24.3 Å². The van der Waals surface area contributed by atoms with Gasteiger partial charge in [0.05, 0.1) is 35.7 Å². The van der Waals surface area contributed by atoms with E-state index in [4.69, 9.17) is 16.3 Å². The van der Waals surface area contributed by atoms with Crippen molar-refractivity contribution in [2.45, 2.75) is 29.6 Å². The van der Waals surface area contributed by atoms with Gasteiger partial charge in [-0.05, 0) is 30.3 Å². The van der Waals surface area contributed by atoms with E-state index in [-0.39, 0.29) is 48.1 Å². The minimum atomic E-state index is -3.60. The highest BCUT2D eigenvalue weighted by Crippen LogP contribution is 2.33. The summed E-state index contributed by atoms with van der Waals surface area (Å²) in [4.78, 5) is 27.3. The van der Waals surface area contributed by atoms with E-state index >= 15 is 0 Å². The van der Waals surface area contributed by atoms with Crippen molar-refractivity contribution < 1.29 is 35.9 Å². The van der Waals surface area contributed by atoms with Gasteiger partial charge >= 0.3 is 0 Å². The van der Waals surface area contributed by atoms with E-state index in [9.17, 15) is 31.2 Å². The summed E-state index contributed by atoms with van der Waals surface area (Å²) in [6.07, 6.45) is -0.805. The Labute approximate surface area is 205 Å². The standard InChI is InChI=1S/C23H22ClF3N2O5S/c1-35(32,33)15-4-2-3-12(5-15)23(31)29-9-14(25)6-20(29)22(30)28-21(13-10-34-11-13)16-7-19(27)17(24)8-18(16)26/h2-5,7-8,13-14,20-21H,6,9-11H2,1H3,(H,28,30)/t14-,20+,21+/m0/s1. The van der Waals surface area contributed by atoms with Crippen LogP contribution < -0.4 is 5.32 Å². The Morgan fingerprint density at radius 3 is 2.51 bits per heavy atom. The summed E-state index contributed by atoms with van der Waals surface area (Å²) >= 11 is 5.64. The molecule has 4 rings (SSSR count). The largest absolute Gasteiger partial charge is 0.381 e. The van der Waals surface area contributed by atoms with Gasteiger partial charge in [-0.25, -0.2) is 21.6 Å². The van der Waals surface area contributed by atoms with Gasteiger partial charge in [0.25, 0.3) is 5.91 Å². The quantitative estimate of drug-likeness (QED) is 0.580. The van der Waals surface area contributed by atoms with Crippen molar-refractivity contribution in [1.29, 1.82) is 0 Å². The molecule has 1 N–H and O–H groups in total. The number of ether oxygens (including phenoxy) is 1. The van der Waals surface area contributed by atoms with Crippen LogP contribution >= 0.6 is 11.6 Å². The first-order valence-electron chi connectivity index (χ1n) is 10.7. The van der Waals surface area contributed by atoms with E-state index < -0.39 is 56.6 Å². The maximum Gasteiger partial charge on any atom is 0.254 e. The molecule has 0 unspecified atom stereocenters. The zero-order valence-electron chi connectivity index (χ0n) is 18.5. The summed E-state index contributed by atoms with van der Waals surface area (Å²) < 4.78 is 71.9. The molecule has 0 spiro atoms. The van der Waals surface area contributed by atoms with Gasteiger partial charge in [-0.3, -0.25) is 9.59 Å². The molecule has 0 saturated carbocycles. The molecule has 2 aromatic carbocycles. The van der Waals surface area contributed by atoms with Gasteiger partial charge in [0, 0.05) is 29.7 Å². The number of halogens is 4. The second-order valence-electron chi connectivity index (χ2n) is 8.68. The van der Waals surface area contributed by atoms with Crippen molar-refractivity contribution in [1.82, 2.24) is 10.2 Å². The average Bonchev–Trinajstić information content (AvgIpc) is 3.15. The molecule has 2 saturated heterocycles. The van der Waals surface area contributed by atoms with E-state index in [1.54, 1.807) is 0 Å². The highest BCUT2D eigenvalue weighted by atomic mass is 35.5. The molecule has 0 aliphatic carbocycles. The van der Waals surface area contributed by atoms with E-state index in [0.717, 1.165) is 23.3 Å². The summed E-state index contributed by atoms with van der Waals surface area (Å²) in [6.45, 7) is -0.000902. The first kappa shape index (κ1) is 25.5. The Hall–Kier alpha value is -2.63. The van der Waals surface area contributed by atoms with Gasteiger partial charge in [-0.15, -0.1) is 0 Å². The number of nitrogens with zero attached hydrogens (tertiary/aromatic N) is 1. The van der Waals surface area contributed by atoms with Crippen LogP contribution in [-0.4, -0.2) is 63.4 Å². The Morgan fingerprint density at radius 1 is 1.17 bits per heavy atom. The predicted octanol–water partition coefficient (Wildman–Crippen LogP) is 3.08. The van der Waals surface area contributed by atoms with Crippen LogP contribution in [0.4, 0.5) is 13.2 Å². The van der Waals surface area contributed by atoms with Crippen LogP contribution in [-0.2, 0) is 19.4 Å². The lowest BCUT2D eigenvalue weighted by Gasteiger charge is -2.36. The van der Waals surface area contributed by atoms with Crippen LogP contribution in [0.15, 0.2) is 41.3 Å². The number of alkyl halides is 1. The number of amides is 2. The molecule has 188 valence electrons. The van der Waals surface area contributed by atoms with Crippen LogP contribution in [0.2, 0.25) is 5.02 Å². The van der Waals surface area contributed by atoms with Crippen molar-refractivity contribution in [2.75, 3.05) is 26.0 Å². The Morgan fingerprint density at radius 2 is 1.89 bits per heavy atom. The van der Waals surface area contributed by atoms with Crippen molar-refractivity contribution in [3.63, 3.8) is 0 Å². The Kier molecular flexibility index (Phi) is 7.12. The third kappa shape index (κ3) is 5.31. The molecule has 3 atom stereocenters. The smallest absolute Gasteiger partial charge is 0.254 e. The molecule has 0 bridgehead atoms. The zero-order valence-corrected chi connectivity index (χ0v) is 20.1. The second kappa shape index (κ2) is 9.79. The topological polar surface area (TPSA) is 92.8 Å². The molecular weight excluding hydrogens is 509 g/mol. The normalized spacial score (nSPS) is 21.5. The molecule has 2 amide bonds. The summed E-state index contributed by atoms with van der Waals surface area (Å²) in [5.74, 6) is -3.52. The van der Waals surface area contributed by atoms with E-state index in [2.05, 4.69) is 5.32 Å². The molecule has 2 aromatic rings. The van der Waals surface area contributed by atoms with Gasteiger partial charge in [0.15, 0.2) is 9.84 Å². The molecule has 0 radical (unpaired) electrons. The lowest BCUT2D eigenvalue weighted by atomic mass is 9.90. The van der Waals surface area contributed by atoms with Gasteiger partial charge in [-0.2, -0.15) is 0 Å². The van der Waals surface area contributed by atoms with E-state index in [0.29, 0.717) is 0 Å². The van der Waals surface area contributed by atoms with Crippen molar-refractivity contribution >= 4 is 33.3 Å². The third-order valence-corrected chi connectivity index (χ3v) is 7.53. The maximum atomic E-state index is 14.6. The molecule has 0 aromatic heterocycles. The number of benzene rings is 2. The average molecular weight is 531 g/mol. The van der Waals surface area contributed by atoms with Gasteiger partial charge in [-0.1, -0.05) is 17.7 Å². The Bertz CT molecular complexity index is 1270. The minimum absolute atomic E-state index is 0.0189. The van der Waals surface area contributed by atoms with Crippen LogP contribution in [0, 0.1) is 17.6 Å². The maximum absolute atomic E-state index is 14.6. The van der Waals surface area contributed by atoms with Crippen LogP contribution in [0.3, 0.4) is 0 Å². The first-order chi connectivity index (χ1) is 16.5. The number of likely N-dealkylation sites (tertiary alicyclic amines) is 1. The van der Waals surface area contributed by atoms with Crippen LogP contribution in [0.1, 0.15) is 28.4 Å². The van der Waals surface area contributed by atoms with Gasteiger partial charge in [0.2, 0.25) is 5.91 Å². The number of nitrogens with one attached hydrogen (secondary N) is 1. The predicted molar refractivity (Wildman–Crippen MR) is 120 cm³/mol. The third-order valence-electron chi connectivity index (χ3n) is 6.13. The molecule has 35 heavy (non-hydrogen) atoms. The number of carbonyl (C=O) groups excluding carboxylic acids is 2. The lowest BCUT2D eigenvalue weighted by Crippen LogP contribution is -2.50. The number of rotatable bonds is 6. The highest BCUT2D eigenvalue weighted by Gasteiger charge is 2.42. The van der Waals surface area contributed by atoms with Gasteiger partial charge in [0.1, 0.15) is 23.8 Å². The van der Waals surface area contributed by atoms with Crippen molar-refractivity contribution in [3.8, 4) is 0 Å². The number of carbonyl (C=O) groups is 2. The van der Waals surface area contributed by atoms with Crippen LogP contribution in [0.5, 0.6) is 0 Å². The summed E-state index contributed by atoms with van der Waals surface area (Å²) in [5, 5.41) is 2.22. The first-order valence-corrected chi connectivity index (χ1v) is 13.0. The zero-order chi connectivity index (χ0) is 25.5. The minimum Gasteiger partial charge on any atom is -0.381 e. The summed E-state index contributed by atoms with van der Waals surface area (Å²) in [5.41, 5.74) is -0.156. The second-order valence-corrected chi connectivity index (χ2v) is 11.1. The fraction of sp³-hybridized carbons (Fsp3) is 0.391. The lowest BCUT2D eigenvalue weighted by molar-refractivity contribution is -0.128.